The molecule has 1 aromatic carbocycles. The van der Waals surface area contributed by atoms with E-state index in [0.717, 1.165) is 0 Å². The van der Waals surface area contributed by atoms with Gasteiger partial charge in [0.25, 0.3) is 0 Å². The molecular formula is C13H13FN2O. The highest BCUT2D eigenvalue weighted by atomic mass is 19.1. The van der Waals surface area contributed by atoms with Gasteiger partial charge in [0.2, 0.25) is 5.91 Å². The lowest BCUT2D eigenvalue weighted by Crippen LogP contribution is -2.39. The van der Waals surface area contributed by atoms with Gasteiger partial charge >= 0.3 is 0 Å². The number of hydrogen-bond acceptors (Lipinski definition) is 2. The molecule has 1 atom stereocenters. The van der Waals surface area contributed by atoms with Crippen molar-refractivity contribution in [3.63, 3.8) is 0 Å². The zero-order valence-electron chi connectivity index (χ0n) is 9.40. The average molecular weight is 232 g/mol. The van der Waals surface area contributed by atoms with E-state index in [-0.39, 0.29) is 24.2 Å². The predicted octanol–water partition coefficient (Wildman–Crippen LogP) is 2.09. The molecule has 1 aliphatic heterocycles. The van der Waals surface area contributed by atoms with Crippen molar-refractivity contribution in [1.29, 1.82) is 5.26 Å². The maximum absolute atomic E-state index is 13.4. The van der Waals surface area contributed by atoms with Crippen LogP contribution >= 0.6 is 0 Å². The van der Waals surface area contributed by atoms with Gasteiger partial charge in [0.05, 0.1) is 12.0 Å². The summed E-state index contributed by atoms with van der Waals surface area (Å²) in [5, 5.41) is 8.85. The molecule has 2 rings (SSSR count). The van der Waals surface area contributed by atoms with Gasteiger partial charge in [-0.2, -0.15) is 5.26 Å². The van der Waals surface area contributed by atoms with Crippen molar-refractivity contribution >= 4 is 5.91 Å². The van der Waals surface area contributed by atoms with Crippen molar-refractivity contribution in [1.82, 2.24) is 4.90 Å². The molecule has 0 N–H and O–H groups in total. The Labute approximate surface area is 99.5 Å². The number of nitrogens with zero attached hydrogens (tertiary/aromatic N) is 2. The number of halogens is 1. The van der Waals surface area contributed by atoms with Crippen LogP contribution in [0, 0.1) is 23.1 Å². The van der Waals surface area contributed by atoms with Crippen LogP contribution in [0.1, 0.15) is 18.4 Å². The summed E-state index contributed by atoms with van der Waals surface area (Å²) in [6, 6.07) is 8.58. The number of likely N-dealkylation sites (tertiary alicyclic amines) is 1. The highest BCUT2D eigenvalue weighted by Crippen LogP contribution is 2.19. The van der Waals surface area contributed by atoms with Gasteiger partial charge < -0.3 is 4.90 Å². The maximum Gasteiger partial charge on any atom is 0.222 e. The van der Waals surface area contributed by atoms with E-state index in [1.807, 2.05) is 0 Å². The summed E-state index contributed by atoms with van der Waals surface area (Å²) < 4.78 is 13.4. The van der Waals surface area contributed by atoms with Crippen LogP contribution in [0.3, 0.4) is 0 Å². The lowest BCUT2D eigenvalue weighted by molar-refractivity contribution is -0.134. The number of amides is 1. The van der Waals surface area contributed by atoms with Crippen molar-refractivity contribution in [3.8, 4) is 6.07 Å². The van der Waals surface area contributed by atoms with E-state index in [1.54, 1.807) is 23.1 Å². The van der Waals surface area contributed by atoms with Gasteiger partial charge in [0.1, 0.15) is 5.82 Å². The van der Waals surface area contributed by atoms with Gasteiger partial charge in [-0.15, -0.1) is 0 Å². The summed E-state index contributed by atoms with van der Waals surface area (Å²) in [4.78, 5) is 13.2. The fourth-order valence-electron chi connectivity index (χ4n) is 2.01. The minimum absolute atomic E-state index is 0.000229. The van der Waals surface area contributed by atoms with Crippen LogP contribution in [-0.2, 0) is 11.3 Å². The van der Waals surface area contributed by atoms with Gasteiger partial charge in [0, 0.05) is 25.1 Å². The van der Waals surface area contributed by atoms with Gasteiger partial charge in [-0.25, -0.2) is 4.39 Å². The molecule has 0 aromatic heterocycles. The SMILES string of the molecule is N#CC1CCC(=O)N(Cc2ccccc2F)C1. The normalized spacial score (nSPS) is 20.1. The van der Waals surface area contributed by atoms with Crippen molar-refractivity contribution in [3.05, 3.63) is 35.6 Å². The molecule has 1 saturated heterocycles. The first-order valence-electron chi connectivity index (χ1n) is 5.61. The fraction of sp³-hybridized carbons (Fsp3) is 0.385. The zero-order valence-corrected chi connectivity index (χ0v) is 9.40. The van der Waals surface area contributed by atoms with E-state index < -0.39 is 0 Å². The Morgan fingerprint density at radius 3 is 2.94 bits per heavy atom. The molecule has 1 unspecified atom stereocenters. The summed E-state index contributed by atoms with van der Waals surface area (Å²) in [6.45, 7) is 0.660. The second-order valence-corrected chi connectivity index (χ2v) is 4.23. The largest absolute Gasteiger partial charge is 0.337 e. The Kier molecular flexibility index (Phi) is 3.38. The third-order valence-corrected chi connectivity index (χ3v) is 3.00. The molecule has 0 spiro atoms. The summed E-state index contributed by atoms with van der Waals surface area (Å²) in [6.07, 6.45) is 0.996. The van der Waals surface area contributed by atoms with Gasteiger partial charge in [-0.3, -0.25) is 4.79 Å². The maximum atomic E-state index is 13.4. The number of rotatable bonds is 2. The third kappa shape index (κ3) is 2.62. The summed E-state index contributed by atoms with van der Waals surface area (Å²) >= 11 is 0. The molecule has 1 aliphatic rings. The zero-order chi connectivity index (χ0) is 12.3. The summed E-state index contributed by atoms with van der Waals surface area (Å²) in [5.74, 6) is -0.432. The van der Waals surface area contributed by atoms with Gasteiger partial charge in [0.15, 0.2) is 0 Å². The van der Waals surface area contributed by atoms with Crippen molar-refractivity contribution in [2.75, 3.05) is 6.54 Å². The van der Waals surface area contributed by atoms with Gasteiger partial charge in [-0.1, -0.05) is 18.2 Å². The first-order chi connectivity index (χ1) is 8.20. The molecular weight excluding hydrogens is 219 g/mol. The minimum Gasteiger partial charge on any atom is -0.337 e. The van der Waals surface area contributed by atoms with Crippen LogP contribution in [0.15, 0.2) is 24.3 Å². The molecule has 17 heavy (non-hydrogen) atoms. The molecule has 1 aromatic rings. The van der Waals surface area contributed by atoms with E-state index in [9.17, 15) is 9.18 Å². The van der Waals surface area contributed by atoms with Crippen LogP contribution in [-0.4, -0.2) is 17.4 Å². The standard InChI is InChI=1S/C13H13FN2O/c14-12-4-2-1-3-11(12)9-16-8-10(7-15)5-6-13(16)17/h1-4,10H,5-6,8-9H2. The Balaban J connectivity index is 2.10. The Morgan fingerprint density at radius 1 is 1.47 bits per heavy atom. The summed E-state index contributed by atoms with van der Waals surface area (Å²) in [7, 11) is 0. The van der Waals surface area contributed by atoms with E-state index >= 15 is 0 Å². The van der Waals surface area contributed by atoms with E-state index in [0.29, 0.717) is 24.9 Å². The summed E-state index contributed by atoms with van der Waals surface area (Å²) in [5.41, 5.74) is 0.499. The number of carbonyl (C=O) groups excluding carboxylic acids is 1. The second-order valence-electron chi connectivity index (χ2n) is 4.23. The molecule has 3 nitrogen and oxygen atoms in total. The number of hydrogen-bond donors (Lipinski definition) is 0. The molecule has 0 bridgehead atoms. The lowest BCUT2D eigenvalue weighted by atomic mass is 9.98. The molecule has 0 radical (unpaired) electrons. The average Bonchev–Trinajstić information content (AvgIpc) is 2.35. The first-order valence-corrected chi connectivity index (χ1v) is 5.61. The van der Waals surface area contributed by atoms with Gasteiger partial charge in [-0.05, 0) is 12.5 Å². The monoisotopic (exact) mass is 232 g/mol. The fourth-order valence-corrected chi connectivity index (χ4v) is 2.01. The Morgan fingerprint density at radius 2 is 2.24 bits per heavy atom. The molecule has 1 amide bonds. The number of carbonyl (C=O) groups is 1. The minimum atomic E-state index is -0.306. The van der Waals surface area contributed by atoms with E-state index in [2.05, 4.69) is 6.07 Å². The molecule has 1 heterocycles. The molecule has 1 fully saturated rings. The number of benzene rings is 1. The van der Waals surface area contributed by atoms with Crippen LogP contribution in [0.25, 0.3) is 0 Å². The predicted molar refractivity (Wildman–Crippen MR) is 60.2 cm³/mol. The second kappa shape index (κ2) is 4.96. The Hall–Kier alpha value is -1.89. The van der Waals surface area contributed by atoms with E-state index in [1.165, 1.54) is 6.07 Å². The van der Waals surface area contributed by atoms with Crippen molar-refractivity contribution < 1.29 is 9.18 Å². The smallest absolute Gasteiger partial charge is 0.222 e. The third-order valence-electron chi connectivity index (χ3n) is 3.00. The highest BCUT2D eigenvalue weighted by Gasteiger charge is 2.25. The highest BCUT2D eigenvalue weighted by molar-refractivity contribution is 5.77. The van der Waals surface area contributed by atoms with Crippen LogP contribution in [0.4, 0.5) is 4.39 Å². The topological polar surface area (TPSA) is 44.1 Å². The van der Waals surface area contributed by atoms with Crippen LogP contribution in [0.5, 0.6) is 0 Å². The molecule has 0 aliphatic carbocycles. The van der Waals surface area contributed by atoms with Crippen molar-refractivity contribution in [2.24, 2.45) is 5.92 Å². The quantitative estimate of drug-likeness (QED) is 0.783. The molecule has 4 heteroatoms. The number of nitriles is 1. The van der Waals surface area contributed by atoms with Crippen molar-refractivity contribution in [2.45, 2.75) is 19.4 Å². The first kappa shape index (κ1) is 11.6. The Bertz CT molecular complexity index is 467. The lowest BCUT2D eigenvalue weighted by Gasteiger charge is -2.29. The van der Waals surface area contributed by atoms with E-state index in [4.69, 9.17) is 5.26 Å². The molecule has 88 valence electrons. The van der Waals surface area contributed by atoms with Crippen LogP contribution in [0.2, 0.25) is 0 Å². The number of piperidine rings is 1. The van der Waals surface area contributed by atoms with Crippen LogP contribution < -0.4 is 0 Å². The molecule has 0 saturated carbocycles.